The summed E-state index contributed by atoms with van der Waals surface area (Å²) in [6, 6.07) is 0. The first-order chi connectivity index (χ1) is 7.29. The van der Waals surface area contributed by atoms with Gasteiger partial charge in [0.2, 0.25) is 0 Å². The number of carbonyl (C=O) groups is 1. The fourth-order valence-electron chi connectivity index (χ4n) is 1.43. The van der Waals surface area contributed by atoms with Crippen molar-refractivity contribution < 1.29 is 9.90 Å². The smallest absolute Gasteiger partial charge is 0.416 e. The van der Waals surface area contributed by atoms with Crippen molar-refractivity contribution in [3.8, 4) is 0 Å². The topological polar surface area (TPSA) is 40.5 Å². The molecule has 2 rings (SSSR count). The molecule has 2 aliphatic rings. The standard InChI is InChI=1S/C10H11NO2S2/c12-10(13)11-5-1-4-9-8(11)3-2-6-14-7-15-9/h1,3-5H,2,6-7H2,(H,12,13)/b8-3+. The zero-order chi connectivity index (χ0) is 10.7. The lowest BCUT2D eigenvalue weighted by atomic mass is 10.2. The Hall–Kier alpha value is -0.810. The molecular weight excluding hydrogens is 230 g/mol. The van der Waals surface area contributed by atoms with Crippen LogP contribution in [0, 0.1) is 0 Å². The molecule has 0 saturated carbocycles. The van der Waals surface area contributed by atoms with Crippen molar-refractivity contribution in [1.29, 1.82) is 0 Å². The Bertz CT molecular complexity index is 360. The van der Waals surface area contributed by atoms with Gasteiger partial charge >= 0.3 is 6.09 Å². The van der Waals surface area contributed by atoms with Gasteiger partial charge in [0.15, 0.2) is 0 Å². The van der Waals surface area contributed by atoms with Gasteiger partial charge in [0, 0.05) is 16.2 Å². The second-order valence-electron chi connectivity index (χ2n) is 3.07. The van der Waals surface area contributed by atoms with Crippen LogP contribution in [0.4, 0.5) is 4.79 Å². The van der Waals surface area contributed by atoms with Gasteiger partial charge in [0.25, 0.3) is 0 Å². The Morgan fingerprint density at radius 3 is 3.20 bits per heavy atom. The van der Waals surface area contributed by atoms with Crippen molar-refractivity contribution in [3.63, 3.8) is 0 Å². The van der Waals surface area contributed by atoms with Gasteiger partial charge in [-0.05, 0) is 24.3 Å². The first-order valence-corrected chi connectivity index (χ1v) is 6.75. The van der Waals surface area contributed by atoms with Gasteiger partial charge in [-0.15, -0.1) is 11.8 Å². The molecule has 0 aromatic heterocycles. The third-order valence-electron chi connectivity index (χ3n) is 2.10. The average Bonchev–Trinajstić information content (AvgIpc) is 2.17. The summed E-state index contributed by atoms with van der Waals surface area (Å²) in [6.07, 6.45) is 7.35. The summed E-state index contributed by atoms with van der Waals surface area (Å²) in [6.45, 7) is 0. The van der Waals surface area contributed by atoms with Crippen LogP contribution in [0.5, 0.6) is 0 Å². The highest BCUT2D eigenvalue weighted by Gasteiger charge is 2.21. The third kappa shape index (κ3) is 2.41. The van der Waals surface area contributed by atoms with Crippen molar-refractivity contribution in [2.24, 2.45) is 0 Å². The van der Waals surface area contributed by atoms with Crippen molar-refractivity contribution in [2.45, 2.75) is 6.42 Å². The van der Waals surface area contributed by atoms with Crippen LogP contribution >= 0.6 is 23.5 Å². The number of hydrogen-bond acceptors (Lipinski definition) is 3. The summed E-state index contributed by atoms with van der Waals surface area (Å²) in [5.74, 6) is 1.06. The van der Waals surface area contributed by atoms with Gasteiger partial charge in [-0.1, -0.05) is 6.08 Å². The lowest BCUT2D eigenvalue weighted by molar-refractivity contribution is 0.173. The summed E-state index contributed by atoms with van der Waals surface area (Å²) in [5, 5.41) is 10.0. The zero-order valence-electron chi connectivity index (χ0n) is 8.05. The number of nitrogens with zero attached hydrogens (tertiary/aromatic N) is 1. The highest BCUT2D eigenvalue weighted by atomic mass is 32.2. The second-order valence-corrected chi connectivity index (χ2v) is 5.56. The number of amides is 1. The van der Waals surface area contributed by atoms with Crippen LogP contribution in [0.3, 0.4) is 0 Å². The fraction of sp³-hybridized carbons (Fsp3) is 0.300. The van der Waals surface area contributed by atoms with Gasteiger partial charge in [-0.25, -0.2) is 4.79 Å². The van der Waals surface area contributed by atoms with E-state index in [2.05, 4.69) is 0 Å². The molecule has 15 heavy (non-hydrogen) atoms. The highest BCUT2D eigenvalue weighted by Crippen LogP contribution is 2.34. The van der Waals surface area contributed by atoms with Crippen molar-refractivity contribution in [2.75, 3.05) is 10.8 Å². The maximum absolute atomic E-state index is 11.0. The van der Waals surface area contributed by atoms with E-state index in [-0.39, 0.29) is 0 Å². The van der Waals surface area contributed by atoms with Gasteiger partial charge in [0.05, 0.1) is 5.70 Å². The molecule has 0 spiro atoms. The lowest BCUT2D eigenvalue weighted by Gasteiger charge is -2.24. The molecule has 0 radical (unpaired) electrons. The highest BCUT2D eigenvalue weighted by molar-refractivity contribution is 8.17. The summed E-state index contributed by atoms with van der Waals surface area (Å²) in [5.41, 5.74) is 0.815. The predicted octanol–water partition coefficient (Wildman–Crippen LogP) is 3.09. The van der Waals surface area contributed by atoms with E-state index >= 15 is 0 Å². The van der Waals surface area contributed by atoms with E-state index < -0.39 is 6.09 Å². The molecule has 0 aromatic carbocycles. The second kappa shape index (κ2) is 4.81. The molecule has 0 bridgehead atoms. The summed E-state index contributed by atoms with van der Waals surface area (Å²) >= 11 is 3.58. The normalized spacial score (nSPS) is 24.4. The Morgan fingerprint density at radius 2 is 2.40 bits per heavy atom. The number of carboxylic acid groups (broad SMARTS) is 1. The van der Waals surface area contributed by atoms with Crippen molar-refractivity contribution in [1.82, 2.24) is 4.90 Å². The van der Waals surface area contributed by atoms with Gasteiger partial charge in [-0.2, -0.15) is 11.8 Å². The molecule has 5 heteroatoms. The number of thioether (sulfide) groups is 2. The summed E-state index contributed by atoms with van der Waals surface area (Å²) in [7, 11) is 0. The molecule has 80 valence electrons. The maximum Gasteiger partial charge on any atom is 0.416 e. The zero-order valence-corrected chi connectivity index (χ0v) is 9.68. The van der Waals surface area contributed by atoms with Crippen LogP contribution in [-0.4, -0.2) is 26.9 Å². The van der Waals surface area contributed by atoms with E-state index in [0.29, 0.717) is 0 Å². The Labute approximate surface area is 96.9 Å². The van der Waals surface area contributed by atoms with E-state index in [1.807, 2.05) is 23.9 Å². The quantitative estimate of drug-likeness (QED) is 0.707. The minimum atomic E-state index is -0.920. The van der Waals surface area contributed by atoms with Crippen molar-refractivity contribution in [3.05, 3.63) is 35.0 Å². The monoisotopic (exact) mass is 241 g/mol. The molecule has 3 nitrogen and oxygen atoms in total. The largest absolute Gasteiger partial charge is 0.464 e. The molecule has 0 unspecified atom stereocenters. The first-order valence-electron chi connectivity index (χ1n) is 4.61. The van der Waals surface area contributed by atoms with Crippen molar-refractivity contribution >= 4 is 29.6 Å². The average molecular weight is 241 g/mol. The van der Waals surface area contributed by atoms with Gasteiger partial charge < -0.3 is 5.11 Å². The van der Waals surface area contributed by atoms with E-state index in [1.165, 1.54) is 4.90 Å². The van der Waals surface area contributed by atoms with Crippen LogP contribution in [0.2, 0.25) is 0 Å². The molecule has 0 saturated heterocycles. The van der Waals surface area contributed by atoms with Crippen LogP contribution in [-0.2, 0) is 0 Å². The van der Waals surface area contributed by atoms with Crippen LogP contribution in [0.25, 0.3) is 0 Å². The van der Waals surface area contributed by atoms with Gasteiger partial charge in [-0.3, -0.25) is 4.90 Å². The number of hydrogen-bond donors (Lipinski definition) is 1. The van der Waals surface area contributed by atoms with E-state index in [0.717, 1.165) is 27.9 Å². The fourth-order valence-corrected chi connectivity index (χ4v) is 3.53. The number of rotatable bonds is 0. The SMILES string of the molecule is O=C(O)N1C=CC=C2SCSCC/C=C\21. The Kier molecular flexibility index (Phi) is 3.43. The Balaban J connectivity index is 2.30. The molecule has 0 atom stereocenters. The van der Waals surface area contributed by atoms with E-state index in [4.69, 9.17) is 5.11 Å². The lowest BCUT2D eigenvalue weighted by Crippen LogP contribution is -2.25. The predicted molar refractivity (Wildman–Crippen MR) is 64.7 cm³/mol. The molecule has 2 heterocycles. The number of allylic oxidation sites excluding steroid dienone is 3. The molecule has 0 aromatic rings. The summed E-state index contributed by atoms with van der Waals surface area (Å²) in [4.78, 5) is 13.3. The Morgan fingerprint density at radius 1 is 1.53 bits per heavy atom. The van der Waals surface area contributed by atoms with Crippen LogP contribution in [0.15, 0.2) is 35.0 Å². The van der Waals surface area contributed by atoms with Crippen LogP contribution in [0.1, 0.15) is 6.42 Å². The maximum atomic E-state index is 11.0. The molecule has 1 N–H and O–H groups in total. The van der Waals surface area contributed by atoms with Crippen LogP contribution < -0.4 is 0 Å². The molecule has 0 aliphatic carbocycles. The minimum absolute atomic E-state index is 0.815. The molecule has 0 fully saturated rings. The third-order valence-corrected chi connectivity index (χ3v) is 4.42. The van der Waals surface area contributed by atoms with E-state index in [9.17, 15) is 4.79 Å². The first kappa shape index (κ1) is 10.7. The number of fused-ring (bicyclic) bond motifs is 1. The van der Waals surface area contributed by atoms with Gasteiger partial charge in [0.1, 0.15) is 0 Å². The molecular formula is C10H11NO2S2. The molecule has 1 amide bonds. The minimum Gasteiger partial charge on any atom is -0.464 e. The summed E-state index contributed by atoms with van der Waals surface area (Å²) < 4.78 is 0. The molecule has 2 aliphatic heterocycles. The van der Waals surface area contributed by atoms with E-state index in [1.54, 1.807) is 24.0 Å².